The van der Waals surface area contributed by atoms with E-state index in [1.165, 1.54) is 17.9 Å². The van der Waals surface area contributed by atoms with Crippen LogP contribution in [0.2, 0.25) is 0 Å². The number of hydrogen-bond donors (Lipinski definition) is 1. The highest BCUT2D eigenvalue weighted by Gasteiger charge is 1.97. The molecule has 0 saturated heterocycles. The van der Waals surface area contributed by atoms with E-state index in [-0.39, 0.29) is 0 Å². The van der Waals surface area contributed by atoms with E-state index in [1.54, 1.807) is 0 Å². The standard InChI is InChI=1S/C9H9N3OS/c10-8-3-1-7(2-4-8)5-13-9-11-6-12-14-9/h1-4,6H,5,10H2. The van der Waals surface area contributed by atoms with Crippen LogP contribution in [0.25, 0.3) is 0 Å². The Labute approximate surface area is 85.5 Å². The molecule has 1 aromatic carbocycles. The minimum absolute atomic E-state index is 0.496. The second-order valence-corrected chi connectivity index (χ2v) is 3.48. The van der Waals surface area contributed by atoms with Crippen molar-refractivity contribution >= 4 is 17.2 Å². The van der Waals surface area contributed by atoms with E-state index in [2.05, 4.69) is 9.36 Å². The van der Waals surface area contributed by atoms with E-state index in [0.29, 0.717) is 11.8 Å². The lowest BCUT2D eigenvalue weighted by atomic mass is 10.2. The lowest BCUT2D eigenvalue weighted by molar-refractivity contribution is 0.304. The van der Waals surface area contributed by atoms with Crippen molar-refractivity contribution < 1.29 is 4.74 Å². The third-order valence-corrected chi connectivity index (χ3v) is 2.26. The summed E-state index contributed by atoms with van der Waals surface area (Å²) in [6, 6.07) is 7.55. The summed E-state index contributed by atoms with van der Waals surface area (Å²) in [6.45, 7) is 0.496. The first-order chi connectivity index (χ1) is 6.84. The van der Waals surface area contributed by atoms with Gasteiger partial charge in [0.2, 0.25) is 0 Å². The van der Waals surface area contributed by atoms with E-state index < -0.39 is 0 Å². The number of aromatic nitrogens is 2. The summed E-state index contributed by atoms with van der Waals surface area (Å²) in [5, 5.41) is 0.585. The number of nitrogens with zero attached hydrogens (tertiary/aromatic N) is 2. The minimum atomic E-state index is 0.496. The third-order valence-electron chi connectivity index (χ3n) is 1.68. The zero-order valence-corrected chi connectivity index (χ0v) is 8.20. The average molecular weight is 207 g/mol. The van der Waals surface area contributed by atoms with Gasteiger partial charge in [-0.25, -0.2) is 0 Å². The van der Waals surface area contributed by atoms with Crippen molar-refractivity contribution in [1.29, 1.82) is 0 Å². The molecule has 0 saturated carbocycles. The van der Waals surface area contributed by atoms with Crippen molar-refractivity contribution in [3.05, 3.63) is 36.2 Å². The van der Waals surface area contributed by atoms with Gasteiger partial charge >= 0.3 is 0 Å². The third kappa shape index (κ3) is 2.20. The predicted octanol–water partition coefficient (Wildman–Crippen LogP) is 1.70. The molecule has 0 unspecified atom stereocenters. The van der Waals surface area contributed by atoms with Crippen molar-refractivity contribution in [2.45, 2.75) is 6.61 Å². The van der Waals surface area contributed by atoms with Crippen molar-refractivity contribution in [2.75, 3.05) is 5.73 Å². The van der Waals surface area contributed by atoms with Crippen LogP contribution in [0.5, 0.6) is 5.19 Å². The Hall–Kier alpha value is -1.62. The van der Waals surface area contributed by atoms with E-state index in [0.717, 1.165) is 11.3 Å². The second kappa shape index (κ2) is 4.06. The molecule has 1 heterocycles. The first-order valence-corrected chi connectivity index (χ1v) is 4.86. The average Bonchev–Trinajstić information content (AvgIpc) is 2.70. The summed E-state index contributed by atoms with van der Waals surface area (Å²) in [5.41, 5.74) is 7.37. The molecular formula is C9H9N3OS. The van der Waals surface area contributed by atoms with Crippen LogP contribution >= 0.6 is 11.5 Å². The fourth-order valence-electron chi connectivity index (χ4n) is 0.985. The number of nitrogens with two attached hydrogens (primary N) is 1. The van der Waals surface area contributed by atoms with Gasteiger partial charge in [-0.1, -0.05) is 12.1 Å². The summed E-state index contributed by atoms with van der Waals surface area (Å²) in [4.78, 5) is 3.91. The van der Waals surface area contributed by atoms with Crippen LogP contribution in [0.3, 0.4) is 0 Å². The molecule has 2 rings (SSSR count). The molecule has 0 aliphatic rings. The van der Waals surface area contributed by atoms with E-state index in [4.69, 9.17) is 10.5 Å². The largest absolute Gasteiger partial charge is 0.464 e. The molecule has 14 heavy (non-hydrogen) atoms. The molecule has 0 aliphatic heterocycles. The maximum atomic E-state index is 5.56. The predicted molar refractivity (Wildman–Crippen MR) is 55.1 cm³/mol. The molecule has 72 valence electrons. The monoisotopic (exact) mass is 207 g/mol. The molecule has 0 amide bonds. The highest BCUT2D eigenvalue weighted by atomic mass is 32.1. The van der Waals surface area contributed by atoms with Crippen LogP contribution in [0.15, 0.2) is 30.6 Å². The fourth-order valence-corrected chi connectivity index (χ4v) is 1.38. The highest BCUT2D eigenvalue weighted by molar-refractivity contribution is 7.07. The van der Waals surface area contributed by atoms with E-state index >= 15 is 0 Å². The van der Waals surface area contributed by atoms with Gasteiger partial charge in [0.15, 0.2) is 0 Å². The van der Waals surface area contributed by atoms with Crippen LogP contribution < -0.4 is 10.5 Å². The minimum Gasteiger partial charge on any atom is -0.464 e. The van der Waals surface area contributed by atoms with E-state index in [1.807, 2.05) is 24.3 Å². The van der Waals surface area contributed by atoms with Gasteiger partial charge in [-0.15, -0.1) is 0 Å². The molecule has 4 nitrogen and oxygen atoms in total. The molecule has 5 heteroatoms. The second-order valence-electron chi connectivity index (χ2n) is 2.74. The van der Waals surface area contributed by atoms with Crippen LogP contribution in [0, 0.1) is 0 Å². The number of nitrogen functional groups attached to an aromatic ring is 1. The normalized spacial score (nSPS) is 10.0. The summed E-state index contributed by atoms with van der Waals surface area (Å²) in [6.07, 6.45) is 1.48. The molecule has 0 fully saturated rings. The van der Waals surface area contributed by atoms with E-state index in [9.17, 15) is 0 Å². The quantitative estimate of drug-likeness (QED) is 0.778. The Morgan fingerprint density at radius 1 is 1.29 bits per heavy atom. The smallest absolute Gasteiger partial charge is 0.293 e. The molecule has 0 aliphatic carbocycles. The van der Waals surface area contributed by atoms with Gasteiger partial charge in [-0.2, -0.15) is 9.36 Å². The maximum Gasteiger partial charge on any atom is 0.293 e. The highest BCUT2D eigenvalue weighted by Crippen LogP contribution is 2.13. The van der Waals surface area contributed by atoms with Gasteiger partial charge in [0.05, 0.1) is 0 Å². The molecule has 2 aromatic rings. The number of benzene rings is 1. The molecule has 0 atom stereocenters. The van der Waals surface area contributed by atoms with Gasteiger partial charge in [-0.3, -0.25) is 0 Å². The Morgan fingerprint density at radius 3 is 2.71 bits per heavy atom. The Kier molecular flexibility index (Phi) is 2.60. The van der Waals surface area contributed by atoms with Crippen LogP contribution in [0.1, 0.15) is 5.56 Å². The van der Waals surface area contributed by atoms with Crippen molar-refractivity contribution in [3.8, 4) is 5.19 Å². The lowest BCUT2D eigenvalue weighted by Gasteiger charge is -2.01. The summed E-state index contributed by atoms with van der Waals surface area (Å²) in [5.74, 6) is 0. The van der Waals surface area contributed by atoms with Gasteiger partial charge in [-0.05, 0) is 17.7 Å². The SMILES string of the molecule is Nc1ccc(COc2ncns2)cc1. The summed E-state index contributed by atoms with van der Waals surface area (Å²) in [7, 11) is 0. The lowest BCUT2D eigenvalue weighted by Crippen LogP contribution is -1.95. The molecule has 0 bridgehead atoms. The molecule has 1 aromatic heterocycles. The number of hydrogen-bond acceptors (Lipinski definition) is 5. The zero-order valence-electron chi connectivity index (χ0n) is 7.38. The first-order valence-electron chi connectivity index (χ1n) is 4.08. The fraction of sp³-hybridized carbons (Fsp3) is 0.111. The maximum absolute atomic E-state index is 5.56. The van der Waals surface area contributed by atoms with Crippen LogP contribution in [-0.4, -0.2) is 9.36 Å². The zero-order chi connectivity index (χ0) is 9.80. The Bertz CT molecular complexity index is 385. The Morgan fingerprint density at radius 2 is 2.07 bits per heavy atom. The first kappa shape index (κ1) is 8.96. The summed E-state index contributed by atoms with van der Waals surface area (Å²) >= 11 is 1.24. The molecule has 0 radical (unpaired) electrons. The number of rotatable bonds is 3. The molecule has 0 spiro atoms. The van der Waals surface area contributed by atoms with Gasteiger partial charge in [0.25, 0.3) is 5.19 Å². The number of ether oxygens (including phenoxy) is 1. The van der Waals surface area contributed by atoms with Crippen LogP contribution in [-0.2, 0) is 6.61 Å². The van der Waals surface area contributed by atoms with Crippen molar-refractivity contribution in [2.24, 2.45) is 0 Å². The molecular weight excluding hydrogens is 198 g/mol. The molecule has 2 N–H and O–H groups in total. The van der Waals surface area contributed by atoms with Gasteiger partial charge in [0.1, 0.15) is 12.9 Å². The Balaban J connectivity index is 1.95. The van der Waals surface area contributed by atoms with Gasteiger partial charge in [0, 0.05) is 17.2 Å². The van der Waals surface area contributed by atoms with Gasteiger partial charge < -0.3 is 10.5 Å². The number of anilines is 1. The van der Waals surface area contributed by atoms with Crippen molar-refractivity contribution in [3.63, 3.8) is 0 Å². The topological polar surface area (TPSA) is 61.0 Å². The van der Waals surface area contributed by atoms with Crippen LogP contribution in [0.4, 0.5) is 5.69 Å². The summed E-state index contributed by atoms with van der Waals surface area (Å²) < 4.78 is 9.21. The van der Waals surface area contributed by atoms with Crippen molar-refractivity contribution in [1.82, 2.24) is 9.36 Å².